The van der Waals surface area contributed by atoms with Gasteiger partial charge in [-0.25, -0.2) is 0 Å². The number of amides is 2. The molecular weight excluding hydrogens is 424 g/mol. The van der Waals surface area contributed by atoms with E-state index in [2.05, 4.69) is 16.0 Å². The number of benzene rings is 3. The lowest BCUT2D eigenvalue weighted by Gasteiger charge is -2.09. The van der Waals surface area contributed by atoms with Gasteiger partial charge < -0.3 is 20.7 Å². The molecule has 0 atom stereocenters. The van der Waals surface area contributed by atoms with E-state index in [9.17, 15) is 19.7 Å². The minimum absolute atomic E-state index is 0.0444. The van der Waals surface area contributed by atoms with Crippen LogP contribution in [0.3, 0.4) is 0 Å². The van der Waals surface area contributed by atoms with E-state index in [1.165, 1.54) is 6.07 Å². The summed E-state index contributed by atoms with van der Waals surface area (Å²) in [6.45, 7) is 2.71. The van der Waals surface area contributed by atoms with Crippen molar-refractivity contribution in [3.63, 3.8) is 0 Å². The predicted octanol–water partition coefficient (Wildman–Crippen LogP) is 4.69. The Morgan fingerprint density at radius 2 is 1.55 bits per heavy atom. The summed E-state index contributed by atoms with van der Waals surface area (Å²) in [6.07, 6.45) is 0.117. The number of nitro benzene ring substituents is 1. The van der Waals surface area contributed by atoms with E-state index in [0.29, 0.717) is 29.2 Å². The molecule has 0 aromatic heterocycles. The molecule has 0 aliphatic carbocycles. The van der Waals surface area contributed by atoms with Crippen LogP contribution in [0.1, 0.15) is 23.7 Å². The van der Waals surface area contributed by atoms with Crippen LogP contribution in [0.2, 0.25) is 0 Å². The molecule has 0 fully saturated rings. The highest BCUT2D eigenvalue weighted by Gasteiger charge is 2.12. The van der Waals surface area contributed by atoms with Gasteiger partial charge in [-0.05, 0) is 61.5 Å². The van der Waals surface area contributed by atoms with E-state index in [1.54, 1.807) is 66.7 Å². The molecule has 0 radical (unpaired) electrons. The number of ether oxygens (including phenoxy) is 1. The highest BCUT2D eigenvalue weighted by atomic mass is 16.6. The van der Waals surface area contributed by atoms with Gasteiger partial charge in [0.2, 0.25) is 5.91 Å². The first kappa shape index (κ1) is 23.3. The van der Waals surface area contributed by atoms with Crippen molar-refractivity contribution in [1.82, 2.24) is 0 Å². The second kappa shape index (κ2) is 11.3. The lowest BCUT2D eigenvalue weighted by Crippen LogP contribution is -2.17. The summed E-state index contributed by atoms with van der Waals surface area (Å²) in [5, 5.41) is 19.5. The molecule has 3 rings (SSSR count). The van der Waals surface area contributed by atoms with Crippen molar-refractivity contribution in [2.75, 3.05) is 29.1 Å². The van der Waals surface area contributed by atoms with E-state index in [0.717, 1.165) is 5.75 Å². The van der Waals surface area contributed by atoms with Crippen molar-refractivity contribution in [3.8, 4) is 5.75 Å². The minimum Gasteiger partial charge on any atom is -0.494 e. The zero-order valence-electron chi connectivity index (χ0n) is 18.0. The van der Waals surface area contributed by atoms with Gasteiger partial charge >= 0.3 is 0 Å². The number of carbonyl (C=O) groups is 2. The van der Waals surface area contributed by atoms with Crippen LogP contribution in [0.5, 0.6) is 5.75 Å². The number of nitro groups is 1. The van der Waals surface area contributed by atoms with Crippen molar-refractivity contribution in [3.05, 3.63) is 88.5 Å². The second-order valence-corrected chi connectivity index (χ2v) is 6.99. The van der Waals surface area contributed by atoms with Crippen molar-refractivity contribution >= 4 is 34.6 Å². The number of carbonyl (C=O) groups excluding carboxylic acids is 2. The van der Waals surface area contributed by atoms with E-state index < -0.39 is 4.92 Å². The van der Waals surface area contributed by atoms with Crippen molar-refractivity contribution in [2.45, 2.75) is 13.3 Å². The molecule has 3 aromatic carbocycles. The maximum atomic E-state index is 12.4. The molecule has 3 N–H and O–H groups in total. The van der Waals surface area contributed by atoms with Gasteiger partial charge in [-0.3, -0.25) is 19.7 Å². The third-order valence-electron chi connectivity index (χ3n) is 4.62. The summed E-state index contributed by atoms with van der Waals surface area (Å²) in [7, 11) is 0. The summed E-state index contributed by atoms with van der Waals surface area (Å²) in [5.74, 6) is 0.200. The van der Waals surface area contributed by atoms with Crippen LogP contribution in [0, 0.1) is 10.1 Å². The number of hydrogen-bond donors (Lipinski definition) is 3. The topological polar surface area (TPSA) is 123 Å². The minimum atomic E-state index is -0.476. The molecule has 33 heavy (non-hydrogen) atoms. The molecule has 170 valence electrons. The van der Waals surface area contributed by atoms with Crippen LogP contribution >= 0.6 is 0 Å². The molecule has 0 aliphatic heterocycles. The van der Waals surface area contributed by atoms with Gasteiger partial charge in [0.05, 0.1) is 11.5 Å². The fraction of sp³-hybridized carbons (Fsp3) is 0.167. The van der Waals surface area contributed by atoms with Gasteiger partial charge in [0, 0.05) is 36.0 Å². The molecule has 2 amide bonds. The Bertz CT molecular complexity index is 1110. The van der Waals surface area contributed by atoms with Gasteiger partial charge in [-0.1, -0.05) is 12.1 Å². The average molecular weight is 448 g/mol. The first-order chi connectivity index (χ1) is 16.0. The zero-order chi connectivity index (χ0) is 23.6. The van der Waals surface area contributed by atoms with Crippen LogP contribution in [0.4, 0.5) is 22.7 Å². The number of nitrogens with one attached hydrogen (secondary N) is 3. The summed E-state index contributed by atoms with van der Waals surface area (Å²) in [6, 6.07) is 19.8. The van der Waals surface area contributed by atoms with Crippen LogP contribution < -0.4 is 20.7 Å². The lowest BCUT2D eigenvalue weighted by molar-refractivity contribution is -0.384. The summed E-state index contributed by atoms with van der Waals surface area (Å²) >= 11 is 0. The Labute approximate surface area is 190 Å². The van der Waals surface area contributed by atoms with Crippen LogP contribution in [-0.2, 0) is 4.79 Å². The highest BCUT2D eigenvalue weighted by Crippen LogP contribution is 2.23. The Morgan fingerprint density at radius 1 is 0.909 bits per heavy atom. The average Bonchev–Trinajstić information content (AvgIpc) is 2.81. The zero-order valence-corrected chi connectivity index (χ0v) is 18.0. The number of hydrogen-bond acceptors (Lipinski definition) is 6. The molecule has 0 aliphatic rings. The monoisotopic (exact) mass is 448 g/mol. The Hall–Kier alpha value is -4.40. The van der Waals surface area contributed by atoms with Crippen LogP contribution in [0.25, 0.3) is 0 Å². The third-order valence-corrected chi connectivity index (χ3v) is 4.62. The van der Waals surface area contributed by atoms with E-state index in [1.807, 2.05) is 6.92 Å². The highest BCUT2D eigenvalue weighted by molar-refractivity contribution is 6.04. The molecule has 9 nitrogen and oxygen atoms in total. The first-order valence-corrected chi connectivity index (χ1v) is 10.4. The summed E-state index contributed by atoms with van der Waals surface area (Å²) < 4.78 is 5.38. The predicted molar refractivity (Wildman–Crippen MR) is 127 cm³/mol. The standard InChI is InChI=1S/C24H24N4O5/c1-2-33-20-13-11-19(12-14-20)27-24(30)17-7-9-18(10-8-17)26-23(29)15-16-25-21-5-3-4-6-22(21)28(31)32/h3-14,25H,2,15-16H2,1H3,(H,26,29)(H,27,30). The van der Waals surface area contributed by atoms with E-state index in [4.69, 9.17) is 4.74 Å². The number of rotatable bonds is 10. The molecule has 0 saturated heterocycles. The molecule has 0 saturated carbocycles. The van der Waals surface area contributed by atoms with Gasteiger partial charge in [0.25, 0.3) is 11.6 Å². The van der Waals surface area contributed by atoms with E-state index >= 15 is 0 Å². The SMILES string of the molecule is CCOc1ccc(NC(=O)c2ccc(NC(=O)CCNc3ccccc3[N+](=O)[O-])cc2)cc1. The largest absolute Gasteiger partial charge is 0.494 e. The fourth-order valence-electron chi connectivity index (χ4n) is 3.03. The van der Waals surface area contributed by atoms with Crippen molar-refractivity contribution in [1.29, 1.82) is 0 Å². The second-order valence-electron chi connectivity index (χ2n) is 6.99. The Balaban J connectivity index is 1.48. The van der Waals surface area contributed by atoms with Crippen LogP contribution in [0.15, 0.2) is 72.8 Å². The normalized spacial score (nSPS) is 10.2. The smallest absolute Gasteiger partial charge is 0.292 e. The molecular formula is C24H24N4O5. The lowest BCUT2D eigenvalue weighted by atomic mass is 10.2. The van der Waals surface area contributed by atoms with E-state index in [-0.39, 0.29) is 30.5 Å². The van der Waals surface area contributed by atoms with Crippen molar-refractivity contribution < 1.29 is 19.2 Å². The molecule has 0 spiro atoms. The van der Waals surface area contributed by atoms with Gasteiger partial charge in [0.1, 0.15) is 11.4 Å². The Kier molecular flexibility index (Phi) is 7.96. The van der Waals surface area contributed by atoms with Gasteiger partial charge in [0.15, 0.2) is 0 Å². The van der Waals surface area contributed by atoms with Crippen LogP contribution in [-0.4, -0.2) is 29.9 Å². The number of nitrogens with zero attached hydrogens (tertiary/aromatic N) is 1. The summed E-state index contributed by atoms with van der Waals surface area (Å²) in [4.78, 5) is 35.2. The number of anilines is 3. The summed E-state index contributed by atoms with van der Waals surface area (Å²) in [5.41, 5.74) is 1.95. The fourth-order valence-corrected chi connectivity index (χ4v) is 3.03. The van der Waals surface area contributed by atoms with Gasteiger partial charge in [-0.15, -0.1) is 0 Å². The molecule has 9 heteroatoms. The quantitative estimate of drug-likeness (QED) is 0.306. The molecule has 0 unspecified atom stereocenters. The number of para-hydroxylation sites is 2. The third kappa shape index (κ3) is 6.79. The van der Waals surface area contributed by atoms with Gasteiger partial charge in [-0.2, -0.15) is 0 Å². The maximum absolute atomic E-state index is 12.4. The first-order valence-electron chi connectivity index (χ1n) is 10.4. The Morgan fingerprint density at radius 3 is 2.21 bits per heavy atom. The maximum Gasteiger partial charge on any atom is 0.292 e. The molecule has 0 heterocycles. The molecule has 0 bridgehead atoms. The van der Waals surface area contributed by atoms with Crippen molar-refractivity contribution in [2.24, 2.45) is 0 Å². The molecule has 3 aromatic rings.